The molecule has 4 nitrogen and oxygen atoms in total. The highest BCUT2D eigenvalue weighted by Gasteiger charge is 2.14. The van der Waals surface area contributed by atoms with E-state index < -0.39 is 0 Å². The minimum absolute atomic E-state index is 0.206. The molecule has 1 aliphatic heterocycles. The van der Waals surface area contributed by atoms with Crippen LogP contribution in [0.5, 0.6) is 0 Å². The Labute approximate surface area is 94.4 Å². The number of rotatable bonds is 3. The molecule has 0 aromatic heterocycles. The monoisotopic (exact) mass is 225 g/mol. The van der Waals surface area contributed by atoms with Crippen LogP contribution in [0.25, 0.3) is 0 Å². The summed E-state index contributed by atoms with van der Waals surface area (Å²) in [5, 5.41) is 0. The summed E-state index contributed by atoms with van der Waals surface area (Å²) in [5.41, 5.74) is 6.97. The summed E-state index contributed by atoms with van der Waals surface area (Å²) in [6.45, 7) is 2.82. The number of hydrogen-bond acceptors (Lipinski definition) is 4. The van der Waals surface area contributed by atoms with Crippen LogP contribution in [-0.2, 0) is 4.74 Å². The minimum Gasteiger partial charge on any atom is -0.378 e. The summed E-state index contributed by atoms with van der Waals surface area (Å²) in [7, 11) is 1.74. The molecule has 0 unspecified atom stereocenters. The highest BCUT2D eigenvalue weighted by molar-refractivity contribution is 5.56. The van der Waals surface area contributed by atoms with E-state index in [-0.39, 0.29) is 5.82 Å². The summed E-state index contributed by atoms with van der Waals surface area (Å²) in [6.07, 6.45) is 0. The van der Waals surface area contributed by atoms with Gasteiger partial charge in [0.1, 0.15) is 5.82 Å². The van der Waals surface area contributed by atoms with Crippen molar-refractivity contribution in [2.45, 2.75) is 0 Å². The largest absolute Gasteiger partial charge is 0.378 e. The fourth-order valence-electron chi connectivity index (χ4n) is 1.79. The van der Waals surface area contributed by atoms with Crippen LogP contribution in [0.4, 0.5) is 15.8 Å². The summed E-state index contributed by atoms with van der Waals surface area (Å²) >= 11 is 0. The summed E-state index contributed by atoms with van der Waals surface area (Å²) < 4.78 is 19.0. The average molecular weight is 225 g/mol. The van der Waals surface area contributed by atoms with Crippen molar-refractivity contribution >= 4 is 11.4 Å². The van der Waals surface area contributed by atoms with Gasteiger partial charge >= 0.3 is 0 Å². The second kappa shape index (κ2) is 5.14. The van der Waals surface area contributed by atoms with Crippen molar-refractivity contribution in [3.63, 3.8) is 0 Å². The maximum Gasteiger partial charge on any atom is 0.148 e. The quantitative estimate of drug-likeness (QED) is 0.758. The van der Waals surface area contributed by atoms with Gasteiger partial charge in [-0.05, 0) is 12.1 Å². The molecule has 0 atom stereocenters. The van der Waals surface area contributed by atoms with Gasteiger partial charge < -0.3 is 15.1 Å². The number of halogens is 1. The van der Waals surface area contributed by atoms with Crippen molar-refractivity contribution in [1.29, 1.82) is 0 Å². The van der Waals surface area contributed by atoms with Crippen LogP contribution in [0.15, 0.2) is 18.2 Å². The molecule has 1 aromatic rings. The molecule has 0 spiro atoms. The molecule has 0 amide bonds. The topological polar surface area (TPSA) is 36.5 Å². The molecule has 88 valence electrons. The predicted molar refractivity (Wildman–Crippen MR) is 62.1 cm³/mol. The zero-order chi connectivity index (χ0) is 11.4. The van der Waals surface area contributed by atoms with Crippen LogP contribution >= 0.6 is 0 Å². The summed E-state index contributed by atoms with van der Waals surface area (Å²) in [5.74, 6) is -0.206. The number of nitrogens with zero attached hydrogens (tertiary/aromatic N) is 1. The van der Waals surface area contributed by atoms with E-state index in [1.807, 2.05) is 11.0 Å². The molecule has 0 radical (unpaired) electrons. The van der Waals surface area contributed by atoms with Gasteiger partial charge in [-0.25, -0.2) is 9.82 Å². The molecular formula is C11H16FN3O. The van der Waals surface area contributed by atoms with E-state index in [1.165, 1.54) is 6.07 Å². The lowest BCUT2D eigenvalue weighted by Crippen LogP contribution is -2.36. The van der Waals surface area contributed by atoms with Gasteiger partial charge in [0.2, 0.25) is 0 Å². The molecule has 16 heavy (non-hydrogen) atoms. The van der Waals surface area contributed by atoms with Crippen LogP contribution in [0.1, 0.15) is 0 Å². The predicted octanol–water partition coefficient (Wildman–Crippen LogP) is 1.21. The Kier molecular flexibility index (Phi) is 3.58. The number of ether oxygens (including phenoxy) is 1. The smallest absolute Gasteiger partial charge is 0.148 e. The molecule has 5 heteroatoms. The van der Waals surface area contributed by atoms with Crippen molar-refractivity contribution in [1.82, 2.24) is 5.43 Å². The maximum absolute atomic E-state index is 13.8. The number of anilines is 2. The first-order chi connectivity index (χ1) is 7.81. The lowest BCUT2D eigenvalue weighted by Gasteiger charge is -2.29. The third kappa shape index (κ3) is 2.43. The standard InChI is InChI=1S/C11H16FN3O/c1-13-14-9-2-3-11(10(12)8-9)15-4-6-16-7-5-15/h2-3,8,13-14H,4-7H2,1H3. The van der Waals surface area contributed by atoms with Crippen molar-refractivity contribution < 1.29 is 9.13 Å². The van der Waals surface area contributed by atoms with Crippen LogP contribution in [-0.4, -0.2) is 33.4 Å². The van der Waals surface area contributed by atoms with Crippen LogP contribution < -0.4 is 15.8 Å². The minimum atomic E-state index is -0.206. The van der Waals surface area contributed by atoms with Gasteiger partial charge in [0.15, 0.2) is 0 Å². The molecule has 1 aromatic carbocycles. The molecule has 2 rings (SSSR count). The Morgan fingerprint density at radius 1 is 1.31 bits per heavy atom. The van der Waals surface area contributed by atoms with Gasteiger partial charge in [-0.3, -0.25) is 0 Å². The van der Waals surface area contributed by atoms with E-state index in [1.54, 1.807) is 13.1 Å². The van der Waals surface area contributed by atoms with E-state index in [0.717, 1.165) is 18.8 Å². The molecule has 1 heterocycles. The molecule has 1 saturated heterocycles. The molecule has 0 bridgehead atoms. The SMILES string of the molecule is CNNc1ccc(N2CCOCC2)c(F)c1. The Morgan fingerprint density at radius 2 is 2.06 bits per heavy atom. The second-order valence-corrected chi connectivity index (χ2v) is 3.64. The average Bonchev–Trinajstić information content (AvgIpc) is 2.31. The number of morpholine rings is 1. The first kappa shape index (κ1) is 11.2. The van der Waals surface area contributed by atoms with Crippen LogP contribution in [0.2, 0.25) is 0 Å². The lowest BCUT2D eigenvalue weighted by atomic mass is 10.2. The van der Waals surface area contributed by atoms with Gasteiger partial charge in [0.05, 0.1) is 24.6 Å². The number of hydrazine groups is 1. The number of nitrogens with one attached hydrogen (secondary N) is 2. The molecular weight excluding hydrogens is 209 g/mol. The number of benzene rings is 1. The zero-order valence-electron chi connectivity index (χ0n) is 9.29. The zero-order valence-corrected chi connectivity index (χ0v) is 9.29. The normalized spacial score (nSPS) is 16.2. The molecule has 2 N–H and O–H groups in total. The van der Waals surface area contributed by atoms with Crippen molar-refractivity contribution in [3.8, 4) is 0 Å². The maximum atomic E-state index is 13.8. The first-order valence-electron chi connectivity index (χ1n) is 5.36. The van der Waals surface area contributed by atoms with Gasteiger partial charge in [-0.15, -0.1) is 0 Å². The fraction of sp³-hybridized carbons (Fsp3) is 0.455. The Balaban J connectivity index is 2.14. The lowest BCUT2D eigenvalue weighted by molar-refractivity contribution is 0.122. The van der Waals surface area contributed by atoms with Gasteiger partial charge in [-0.1, -0.05) is 0 Å². The van der Waals surface area contributed by atoms with E-state index in [2.05, 4.69) is 10.9 Å². The van der Waals surface area contributed by atoms with E-state index in [4.69, 9.17) is 4.74 Å². The highest BCUT2D eigenvalue weighted by atomic mass is 19.1. The van der Waals surface area contributed by atoms with Gasteiger partial charge in [0, 0.05) is 26.2 Å². The Bertz CT molecular complexity index is 353. The second-order valence-electron chi connectivity index (χ2n) is 3.64. The Morgan fingerprint density at radius 3 is 2.69 bits per heavy atom. The van der Waals surface area contributed by atoms with Crippen molar-refractivity contribution in [3.05, 3.63) is 24.0 Å². The van der Waals surface area contributed by atoms with E-state index >= 15 is 0 Å². The van der Waals surface area contributed by atoms with Crippen LogP contribution in [0.3, 0.4) is 0 Å². The number of hydrogen-bond donors (Lipinski definition) is 2. The molecule has 0 aliphatic carbocycles. The van der Waals surface area contributed by atoms with E-state index in [0.29, 0.717) is 18.9 Å². The highest BCUT2D eigenvalue weighted by Crippen LogP contribution is 2.23. The van der Waals surface area contributed by atoms with Gasteiger partial charge in [0.25, 0.3) is 0 Å². The molecule has 0 saturated carbocycles. The summed E-state index contributed by atoms with van der Waals surface area (Å²) in [6, 6.07) is 5.13. The van der Waals surface area contributed by atoms with E-state index in [9.17, 15) is 4.39 Å². The third-order valence-electron chi connectivity index (χ3n) is 2.57. The third-order valence-corrected chi connectivity index (χ3v) is 2.57. The van der Waals surface area contributed by atoms with Crippen LogP contribution in [0, 0.1) is 5.82 Å². The van der Waals surface area contributed by atoms with Gasteiger partial charge in [-0.2, -0.15) is 0 Å². The molecule has 1 aliphatic rings. The fourth-order valence-corrected chi connectivity index (χ4v) is 1.79. The van der Waals surface area contributed by atoms with Crippen molar-refractivity contribution in [2.24, 2.45) is 0 Å². The first-order valence-corrected chi connectivity index (χ1v) is 5.36. The molecule has 1 fully saturated rings. The summed E-state index contributed by atoms with van der Waals surface area (Å²) in [4.78, 5) is 2.00. The Hall–Kier alpha value is -1.33. The van der Waals surface area contributed by atoms with Crippen molar-refractivity contribution in [2.75, 3.05) is 43.7 Å².